The van der Waals surface area contributed by atoms with Crippen LogP contribution in [-0.2, 0) is 10.0 Å². The molecule has 1 saturated heterocycles. The lowest BCUT2D eigenvalue weighted by Gasteiger charge is -2.35. The molecule has 0 aliphatic carbocycles. The number of likely N-dealkylation sites (tertiary alicyclic amines) is 1. The predicted octanol–water partition coefficient (Wildman–Crippen LogP) is 0.467. The highest BCUT2D eigenvalue weighted by molar-refractivity contribution is 7.88. The van der Waals surface area contributed by atoms with Gasteiger partial charge < -0.3 is 10.2 Å². The van der Waals surface area contributed by atoms with Gasteiger partial charge in [0.25, 0.3) is 0 Å². The summed E-state index contributed by atoms with van der Waals surface area (Å²) in [5.74, 6) is 0. The Morgan fingerprint density at radius 1 is 1.41 bits per heavy atom. The highest BCUT2D eigenvalue weighted by atomic mass is 32.2. The van der Waals surface area contributed by atoms with Crippen LogP contribution < -0.4 is 10.0 Å². The summed E-state index contributed by atoms with van der Waals surface area (Å²) in [4.78, 5) is 13.4. The number of amides is 2. The van der Waals surface area contributed by atoms with Crippen molar-refractivity contribution in [1.82, 2.24) is 14.9 Å². The molecule has 1 aliphatic heterocycles. The summed E-state index contributed by atoms with van der Waals surface area (Å²) in [6.45, 7) is 3.19. The van der Waals surface area contributed by atoms with Crippen LogP contribution in [0.4, 0.5) is 4.79 Å². The van der Waals surface area contributed by atoms with Crippen molar-refractivity contribution in [1.29, 1.82) is 0 Å². The van der Waals surface area contributed by atoms with E-state index in [0.717, 1.165) is 25.5 Å². The Kier molecular flexibility index (Phi) is 5.20. The minimum absolute atomic E-state index is 0.187. The number of nitrogens with zero attached hydrogens (tertiary/aromatic N) is 1. The Bertz CT molecular complexity index is 356. The number of piperidine rings is 1. The minimum Gasteiger partial charge on any atom is -0.338 e. The molecule has 1 rings (SSSR count). The Morgan fingerprint density at radius 2 is 2.12 bits per heavy atom. The second-order valence-electron chi connectivity index (χ2n) is 4.33. The van der Waals surface area contributed by atoms with E-state index in [2.05, 4.69) is 10.0 Å². The molecule has 7 heteroatoms. The average Bonchev–Trinajstić information content (AvgIpc) is 2.24. The van der Waals surface area contributed by atoms with Crippen LogP contribution in [0.2, 0.25) is 0 Å². The number of carbonyl (C=O) groups is 1. The van der Waals surface area contributed by atoms with E-state index in [0.29, 0.717) is 19.5 Å². The summed E-state index contributed by atoms with van der Waals surface area (Å²) in [6, 6.07) is -0.187. The lowest BCUT2D eigenvalue weighted by atomic mass is 10.1. The minimum atomic E-state index is -3.28. The highest BCUT2D eigenvalue weighted by Gasteiger charge is 2.28. The molecule has 2 amide bonds. The zero-order valence-corrected chi connectivity index (χ0v) is 11.2. The number of nitrogens with one attached hydrogen (secondary N) is 2. The van der Waals surface area contributed by atoms with Crippen LogP contribution in [-0.4, -0.2) is 44.9 Å². The molecule has 6 nitrogen and oxygen atoms in total. The lowest BCUT2D eigenvalue weighted by molar-refractivity contribution is 0.146. The van der Waals surface area contributed by atoms with Crippen LogP contribution in [0.3, 0.4) is 0 Å². The maximum atomic E-state index is 11.8. The van der Waals surface area contributed by atoms with Crippen molar-refractivity contribution in [3.05, 3.63) is 0 Å². The van der Waals surface area contributed by atoms with Gasteiger partial charge in [-0.1, -0.05) is 6.92 Å². The number of hydrogen-bond acceptors (Lipinski definition) is 3. The molecule has 0 radical (unpaired) electrons. The van der Waals surface area contributed by atoms with E-state index in [1.165, 1.54) is 0 Å². The fourth-order valence-electron chi connectivity index (χ4n) is 1.88. The van der Waals surface area contributed by atoms with Crippen LogP contribution >= 0.6 is 0 Å². The molecule has 0 aromatic carbocycles. The number of rotatable bonds is 4. The normalized spacial score (nSPS) is 21.3. The molecule has 1 heterocycles. The fraction of sp³-hybridized carbons (Fsp3) is 0.900. The maximum Gasteiger partial charge on any atom is 0.318 e. The molecule has 1 fully saturated rings. The number of hydrogen-bond donors (Lipinski definition) is 2. The van der Waals surface area contributed by atoms with Crippen molar-refractivity contribution in [3.8, 4) is 0 Å². The Labute approximate surface area is 103 Å². The molecule has 1 unspecified atom stereocenters. The number of carbonyl (C=O) groups excluding carboxylic acids is 1. The first-order valence-electron chi connectivity index (χ1n) is 5.96. The van der Waals surface area contributed by atoms with Gasteiger partial charge in [0.1, 0.15) is 0 Å². The third-order valence-electron chi connectivity index (χ3n) is 2.64. The van der Waals surface area contributed by atoms with Crippen LogP contribution in [0.15, 0.2) is 0 Å². The van der Waals surface area contributed by atoms with Gasteiger partial charge in [0.2, 0.25) is 10.0 Å². The van der Waals surface area contributed by atoms with Crippen molar-refractivity contribution in [3.63, 3.8) is 0 Å². The standard InChI is InChI=1S/C10H21N3O3S/c1-3-7-11-10(14)13-8-5-4-6-9(13)12-17(2,15)16/h9,12H,3-8H2,1-2H3,(H,11,14). The zero-order chi connectivity index (χ0) is 12.9. The SMILES string of the molecule is CCCNC(=O)N1CCCCC1NS(C)(=O)=O. The van der Waals surface area contributed by atoms with Crippen LogP contribution in [0.5, 0.6) is 0 Å². The topological polar surface area (TPSA) is 78.5 Å². The summed E-state index contributed by atoms with van der Waals surface area (Å²) in [5, 5.41) is 2.77. The third-order valence-corrected chi connectivity index (χ3v) is 3.34. The molecule has 17 heavy (non-hydrogen) atoms. The summed E-state index contributed by atoms with van der Waals surface area (Å²) in [5.41, 5.74) is 0. The van der Waals surface area contributed by atoms with E-state index in [9.17, 15) is 13.2 Å². The Hall–Kier alpha value is -0.820. The molecule has 0 bridgehead atoms. The third kappa shape index (κ3) is 4.91. The number of sulfonamides is 1. The first kappa shape index (κ1) is 14.2. The summed E-state index contributed by atoms with van der Waals surface area (Å²) in [6.07, 6.45) is 4.10. The molecule has 0 aromatic rings. The van der Waals surface area contributed by atoms with Gasteiger partial charge in [0.05, 0.1) is 12.4 Å². The summed E-state index contributed by atoms with van der Waals surface area (Å²) in [7, 11) is -3.28. The van der Waals surface area contributed by atoms with Gasteiger partial charge in [-0.25, -0.2) is 13.2 Å². The molecular formula is C10H21N3O3S. The molecule has 0 saturated carbocycles. The van der Waals surface area contributed by atoms with Crippen LogP contribution in [0.1, 0.15) is 32.6 Å². The molecule has 1 aliphatic rings. The van der Waals surface area contributed by atoms with E-state index in [-0.39, 0.29) is 6.03 Å². The van der Waals surface area contributed by atoms with Gasteiger partial charge >= 0.3 is 6.03 Å². The first-order valence-corrected chi connectivity index (χ1v) is 7.85. The fourth-order valence-corrected chi connectivity index (χ4v) is 2.62. The Morgan fingerprint density at radius 3 is 2.71 bits per heavy atom. The van der Waals surface area contributed by atoms with Gasteiger partial charge in [-0.05, 0) is 25.7 Å². The molecule has 0 spiro atoms. The van der Waals surface area contributed by atoms with Crippen molar-refractivity contribution in [2.75, 3.05) is 19.3 Å². The lowest BCUT2D eigenvalue weighted by Crippen LogP contribution is -2.55. The average molecular weight is 263 g/mol. The Balaban J connectivity index is 2.62. The smallest absolute Gasteiger partial charge is 0.318 e. The zero-order valence-electron chi connectivity index (χ0n) is 10.4. The predicted molar refractivity (Wildman–Crippen MR) is 66.0 cm³/mol. The molecule has 0 aromatic heterocycles. The van der Waals surface area contributed by atoms with E-state index in [1.54, 1.807) is 4.90 Å². The summed E-state index contributed by atoms with van der Waals surface area (Å²) < 4.78 is 24.9. The monoisotopic (exact) mass is 263 g/mol. The number of urea groups is 1. The highest BCUT2D eigenvalue weighted by Crippen LogP contribution is 2.15. The second kappa shape index (κ2) is 6.20. The van der Waals surface area contributed by atoms with Crippen molar-refractivity contribution in [2.45, 2.75) is 38.8 Å². The quantitative estimate of drug-likeness (QED) is 0.774. The summed E-state index contributed by atoms with van der Waals surface area (Å²) >= 11 is 0. The van der Waals surface area contributed by atoms with Gasteiger partial charge in [-0.15, -0.1) is 0 Å². The van der Waals surface area contributed by atoms with Crippen molar-refractivity contribution in [2.24, 2.45) is 0 Å². The molecule has 2 N–H and O–H groups in total. The van der Waals surface area contributed by atoms with E-state index in [1.807, 2.05) is 6.92 Å². The first-order chi connectivity index (χ1) is 7.94. The largest absolute Gasteiger partial charge is 0.338 e. The molecule has 1 atom stereocenters. The van der Waals surface area contributed by atoms with Crippen molar-refractivity contribution < 1.29 is 13.2 Å². The van der Waals surface area contributed by atoms with Crippen LogP contribution in [0.25, 0.3) is 0 Å². The van der Waals surface area contributed by atoms with E-state index >= 15 is 0 Å². The van der Waals surface area contributed by atoms with Gasteiger partial charge in [0.15, 0.2) is 0 Å². The van der Waals surface area contributed by atoms with E-state index in [4.69, 9.17) is 0 Å². The maximum absolute atomic E-state index is 11.8. The van der Waals surface area contributed by atoms with E-state index < -0.39 is 16.2 Å². The van der Waals surface area contributed by atoms with Crippen LogP contribution in [0, 0.1) is 0 Å². The van der Waals surface area contributed by atoms with Gasteiger partial charge in [-0.2, -0.15) is 4.72 Å². The molecular weight excluding hydrogens is 242 g/mol. The second-order valence-corrected chi connectivity index (χ2v) is 6.11. The van der Waals surface area contributed by atoms with Crippen molar-refractivity contribution >= 4 is 16.1 Å². The molecule has 100 valence electrons. The van der Waals surface area contributed by atoms with Gasteiger partial charge in [-0.3, -0.25) is 0 Å². The van der Waals surface area contributed by atoms with Gasteiger partial charge in [0, 0.05) is 13.1 Å².